The maximum Gasteiger partial charge on any atom is 0.319 e. The zero-order valence-electron chi connectivity index (χ0n) is 16.2. The van der Waals surface area contributed by atoms with Crippen LogP contribution < -0.4 is 21.7 Å². The Kier molecular flexibility index (Phi) is 5.93. The van der Waals surface area contributed by atoms with Gasteiger partial charge in [-0.3, -0.25) is 4.79 Å². The summed E-state index contributed by atoms with van der Waals surface area (Å²) in [6.45, 7) is 10.2. The number of benzene rings is 1. The topological polar surface area (TPSA) is 105 Å². The summed E-state index contributed by atoms with van der Waals surface area (Å²) in [6, 6.07) is 6.72. The van der Waals surface area contributed by atoms with Crippen LogP contribution >= 0.6 is 0 Å². The summed E-state index contributed by atoms with van der Waals surface area (Å²) in [5, 5.41) is 8.35. The van der Waals surface area contributed by atoms with Crippen molar-refractivity contribution in [2.75, 3.05) is 17.2 Å². The number of carbonyl (C=O) groups excluding carboxylic acids is 2. The van der Waals surface area contributed by atoms with Gasteiger partial charge in [-0.2, -0.15) is 0 Å². The van der Waals surface area contributed by atoms with E-state index in [0.717, 1.165) is 0 Å². The first-order valence-electron chi connectivity index (χ1n) is 8.99. The molecule has 1 aliphatic rings. The highest BCUT2D eigenvalue weighted by Crippen LogP contribution is 2.50. The van der Waals surface area contributed by atoms with Crippen LogP contribution in [-0.2, 0) is 9.53 Å². The molecule has 7 heteroatoms. The summed E-state index contributed by atoms with van der Waals surface area (Å²) < 4.78 is 5.66. The highest BCUT2D eigenvalue weighted by Gasteiger charge is 2.62. The molecule has 1 aromatic rings. The maximum atomic E-state index is 12.7. The number of nitrogens with two attached hydrogens (primary N) is 1. The van der Waals surface area contributed by atoms with Crippen LogP contribution in [0.4, 0.5) is 16.2 Å². The van der Waals surface area contributed by atoms with Crippen molar-refractivity contribution in [3.05, 3.63) is 24.3 Å². The van der Waals surface area contributed by atoms with E-state index in [2.05, 4.69) is 16.0 Å². The maximum absolute atomic E-state index is 12.7. The lowest BCUT2D eigenvalue weighted by Crippen LogP contribution is -2.74. The molecule has 0 saturated heterocycles. The minimum atomic E-state index is -0.971. The third-order valence-electron chi connectivity index (χ3n) is 5.06. The molecular formula is C19H30N4O3. The van der Waals surface area contributed by atoms with Crippen molar-refractivity contribution in [1.82, 2.24) is 5.32 Å². The van der Waals surface area contributed by atoms with E-state index in [1.54, 1.807) is 24.3 Å². The van der Waals surface area contributed by atoms with Crippen LogP contribution in [0.15, 0.2) is 24.3 Å². The highest BCUT2D eigenvalue weighted by atomic mass is 16.5. The Morgan fingerprint density at radius 3 is 2.19 bits per heavy atom. The van der Waals surface area contributed by atoms with Gasteiger partial charge in [0.15, 0.2) is 0 Å². The molecule has 0 aromatic heterocycles. The second-order valence-electron chi connectivity index (χ2n) is 7.63. The molecule has 0 heterocycles. The zero-order chi connectivity index (χ0) is 19.5. The molecule has 0 spiro atoms. The number of ether oxygens (including phenoxy) is 1. The molecule has 7 nitrogen and oxygen atoms in total. The molecule has 0 aliphatic heterocycles. The third kappa shape index (κ3) is 3.99. The largest absolute Gasteiger partial charge is 0.378 e. The molecule has 5 N–H and O–H groups in total. The number of rotatable bonds is 6. The Morgan fingerprint density at radius 2 is 1.73 bits per heavy atom. The van der Waals surface area contributed by atoms with Gasteiger partial charge in [-0.1, -0.05) is 13.8 Å². The first-order valence-corrected chi connectivity index (χ1v) is 8.99. The quantitative estimate of drug-likeness (QED) is 0.624. The average Bonchev–Trinajstić information content (AvgIpc) is 2.55. The summed E-state index contributed by atoms with van der Waals surface area (Å²) in [6.07, 6.45) is 0.476. The predicted molar refractivity (Wildman–Crippen MR) is 103 cm³/mol. The van der Waals surface area contributed by atoms with Gasteiger partial charge in [0.2, 0.25) is 5.91 Å². The molecule has 0 radical (unpaired) electrons. The summed E-state index contributed by atoms with van der Waals surface area (Å²) >= 11 is 0. The molecule has 2 unspecified atom stereocenters. The van der Waals surface area contributed by atoms with Crippen LogP contribution in [0.5, 0.6) is 0 Å². The van der Waals surface area contributed by atoms with Gasteiger partial charge in [-0.25, -0.2) is 4.79 Å². The van der Waals surface area contributed by atoms with E-state index < -0.39 is 11.0 Å². The standard InChI is InChI=1S/C19H30N4O3/c1-6-26-15-11-19(20,18(15,4)5)16(24)22-13-7-9-14(10-8-13)23-17(25)21-12(2)3/h7-10,12,15H,6,11,20H2,1-5H3,(H,22,24)(H2,21,23,25). The number of carbonyl (C=O) groups is 2. The monoisotopic (exact) mass is 362 g/mol. The third-order valence-corrected chi connectivity index (χ3v) is 5.06. The minimum absolute atomic E-state index is 0.0192. The van der Waals surface area contributed by atoms with E-state index in [0.29, 0.717) is 24.4 Å². The predicted octanol–water partition coefficient (Wildman–Crippen LogP) is 2.69. The van der Waals surface area contributed by atoms with E-state index in [1.165, 1.54) is 0 Å². The minimum Gasteiger partial charge on any atom is -0.378 e. The van der Waals surface area contributed by atoms with E-state index in [1.807, 2.05) is 34.6 Å². The van der Waals surface area contributed by atoms with Crippen LogP contribution in [-0.4, -0.2) is 36.2 Å². The Hall–Kier alpha value is -2.12. The van der Waals surface area contributed by atoms with Gasteiger partial charge < -0.3 is 26.4 Å². The Morgan fingerprint density at radius 1 is 1.19 bits per heavy atom. The number of amides is 3. The van der Waals surface area contributed by atoms with Crippen molar-refractivity contribution in [3.63, 3.8) is 0 Å². The van der Waals surface area contributed by atoms with Gasteiger partial charge >= 0.3 is 6.03 Å². The number of urea groups is 1. The van der Waals surface area contributed by atoms with Crippen molar-refractivity contribution in [2.24, 2.45) is 11.1 Å². The fourth-order valence-electron chi connectivity index (χ4n) is 3.13. The molecule has 2 atom stereocenters. The molecule has 3 amide bonds. The molecular weight excluding hydrogens is 332 g/mol. The molecule has 26 heavy (non-hydrogen) atoms. The van der Waals surface area contributed by atoms with E-state index >= 15 is 0 Å². The molecule has 0 bridgehead atoms. The van der Waals surface area contributed by atoms with Gasteiger partial charge in [-0.15, -0.1) is 0 Å². The number of hydrogen-bond acceptors (Lipinski definition) is 4. The second-order valence-corrected chi connectivity index (χ2v) is 7.63. The van der Waals surface area contributed by atoms with Crippen LogP contribution in [0.1, 0.15) is 41.0 Å². The lowest BCUT2D eigenvalue weighted by Gasteiger charge is -2.57. The van der Waals surface area contributed by atoms with Gasteiger partial charge in [0.1, 0.15) is 5.54 Å². The molecule has 144 valence electrons. The van der Waals surface area contributed by atoms with Crippen molar-refractivity contribution in [1.29, 1.82) is 0 Å². The molecule has 2 rings (SSSR count). The summed E-state index contributed by atoms with van der Waals surface area (Å²) in [7, 11) is 0. The van der Waals surface area contributed by atoms with Crippen LogP contribution in [0, 0.1) is 5.41 Å². The summed E-state index contributed by atoms with van der Waals surface area (Å²) in [4.78, 5) is 24.4. The number of anilines is 2. The second kappa shape index (κ2) is 7.63. The molecule has 1 fully saturated rings. The zero-order valence-corrected chi connectivity index (χ0v) is 16.2. The van der Waals surface area contributed by atoms with Crippen LogP contribution in [0.2, 0.25) is 0 Å². The first kappa shape index (κ1) is 20.2. The van der Waals surface area contributed by atoms with Gasteiger partial charge in [0.05, 0.1) is 6.10 Å². The van der Waals surface area contributed by atoms with E-state index in [9.17, 15) is 9.59 Å². The smallest absolute Gasteiger partial charge is 0.319 e. The Bertz CT molecular complexity index is 657. The van der Waals surface area contributed by atoms with Crippen molar-refractivity contribution < 1.29 is 14.3 Å². The van der Waals surface area contributed by atoms with E-state index in [-0.39, 0.29) is 24.1 Å². The summed E-state index contributed by atoms with van der Waals surface area (Å²) in [5.74, 6) is -0.225. The molecule has 1 aromatic carbocycles. The average molecular weight is 362 g/mol. The van der Waals surface area contributed by atoms with Crippen LogP contribution in [0.3, 0.4) is 0 Å². The SMILES string of the molecule is CCOC1CC(N)(C(=O)Nc2ccc(NC(=O)NC(C)C)cc2)C1(C)C. The van der Waals surface area contributed by atoms with Crippen molar-refractivity contribution in [3.8, 4) is 0 Å². The number of nitrogens with one attached hydrogen (secondary N) is 3. The lowest BCUT2D eigenvalue weighted by atomic mass is 9.54. The Balaban J connectivity index is 1.97. The van der Waals surface area contributed by atoms with E-state index in [4.69, 9.17) is 10.5 Å². The van der Waals surface area contributed by atoms with Gasteiger partial charge in [0.25, 0.3) is 0 Å². The fourth-order valence-corrected chi connectivity index (χ4v) is 3.13. The molecule has 1 saturated carbocycles. The molecule has 1 aliphatic carbocycles. The van der Waals surface area contributed by atoms with Crippen molar-refractivity contribution in [2.45, 2.75) is 58.7 Å². The van der Waals surface area contributed by atoms with Crippen molar-refractivity contribution >= 4 is 23.3 Å². The highest BCUT2D eigenvalue weighted by molar-refractivity contribution is 6.00. The summed E-state index contributed by atoms with van der Waals surface area (Å²) in [5.41, 5.74) is 6.24. The fraction of sp³-hybridized carbons (Fsp3) is 0.579. The first-order chi connectivity index (χ1) is 12.1. The lowest BCUT2D eigenvalue weighted by molar-refractivity contribution is -0.166. The van der Waals surface area contributed by atoms with Crippen LogP contribution in [0.25, 0.3) is 0 Å². The normalized spacial score (nSPS) is 23.9. The van der Waals surface area contributed by atoms with Gasteiger partial charge in [0, 0.05) is 35.9 Å². The number of hydrogen-bond donors (Lipinski definition) is 4. The Labute approximate surface area is 155 Å². The van der Waals surface area contributed by atoms with Gasteiger partial charge in [-0.05, 0) is 45.0 Å².